The number of aliphatic imine (C=N–C) groups is 1. The van der Waals surface area contributed by atoms with E-state index in [9.17, 15) is 9.59 Å². The summed E-state index contributed by atoms with van der Waals surface area (Å²) in [6.07, 6.45) is 4.66. The van der Waals surface area contributed by atoms with Gasteiger partial charge in [-0.2, -0.15) is 0 Å². The summed E-state index contributed by atoms with van der Waals surface area (Å²) in [6.45, 7) is 0. The van der Waals surface area contributed by atoms with E-state index in [1.54, 1.807) is 6.08 Å². The molecule has 1 saturated carbocycles. The SMILES string of the molecule is COC(=O)[C@H]1CC[C@H](N=C=O)CC1. The molecule has 1 aliphatic carbocycles. The lowest BCUT2D eigenvalue weighted by Gasteiger charge is -2.22. The molecule has 4 heteroatoms. The third-order valence-electron chi connectivity index (χ3n) is 2.47. The molecule has 0 spiro atoms. The fraction of sp³-hybridized carbons (Fsp3) is 0.778. The Labute approximate surface area is 77.0 Å². The average molecular weight is 183 g/mol. The van der Waals surface area contributed by atoms with Crippen molar-refractivity contribution >= 4 is 12.0 Å². The number of isocyanates is 1. The van der Waals surface area contributed by atoms with Gasteiger partial charge in [-0.05, 0) is 25.7 Å². The molecule has 0 N–H and O–H groups in total. The van der Waals surface area contributed by atoms with Gasteiger partial charge in [0.15, 0.2) is 0 Å². The molecule has 0 bridgehead atoms. The van der Waals surface area contributed by atoms with Gasteiger partial charge in [-0.15, -0.1) is 0 Å². The normalized spacial score (nSPS) is 27.5. The van der Waals surface area contributed by atoms with Crippen LogP contribution in [0.3, 0.4) is 0 Å². The second-order valence-corrected chi connectivity index (χ2v) is 3.25. The summed E-state index contributed by atoms with van der Waals surface area (Å²) < 4.78 is 4.64. The van der Waals surface area contributed by atoms with Crippen molar-refractivity contribution in [2.75, 3.05) is 7.11 Å². The Bertz CT molecular complexity index is 225. The van der Waals surface area contributed by atoms with Crippen molar-refractivity contribution in [1.82, 2.24) is 0 Å². The maximum absolute atomic E-state index is 11.1. The van der Waals surface area contributed by atoms with Gasteiger partial charge in [-0.25, -0.2) is 9.79 Å². The number of nitrogens with zero attached hydrogens (tertiary/aromatic N) is 1. The molecular weight excluding hydrogens is 170 g/mol. The van der Waals surface area contributed by atoms with Crippen molar-refractivity contribution < 1.29 is 14.3 Å². The summed E-state index contributed by atoms with van der Waals surface area (Å²) in [7, 11) is 1.40. The zero-order chi connectivity index (χ0) is 9.68. The van der Waals surface area contributed by atoms with Crippen molar-refractivity contribution in [3.63, 3.8) is 0 Å². The molecule has 0 aromatic heterocycles. The predicted molar refractivity (Wildman–Crippen MR) is 45.9 cm³/mol. The van der Waals surface area contributed by atoms with Crippen molar-refractivity contribution in [3.8, 4) is 0 Å². The molecular formula is C9H13NO3. The summed E-state index contributed by atoms with van der Waals surface area (Å²) in [5.74, 6) is -0.142. The molecule has 0 amide bonds. The van der Waals surface area contributed by atoms with Gasteiger partial charge in [0.2, 0.25) is 6.08 Å². The Morgan fingerprint density at radius 2 is 2.00 bits per heavy atom. The first-order valence-corrected chi connectivity index (χ1v) is 4.42. The first-order chi connectivity index (χ1) is 6.27. The molecule has 0 saturated heterocycles. The van der Waals surface area contributed by atoms with Crippen LogP contribution >= 0.6 is 0 Å². The number of hydrogen-bond donors (Lipinski definition) is 0. The van der Waals surface area contributed by atoms with Crippen molar-refractivity contribution in [2.24, 2.45) is 10.9 Å². The lowest BCUT2D eigenvalue weighted by Crippen LogP contribution is -2.24. The topological polar surface area (TPSA) is 55.7 Å². The monoisotopic (exact) mass is 183 g/mol. The number of rotatable bonds is 2. The first kappa shape index (κ1) is 9.93. The lowest BCUT2D eigenvalue weighted by molar-refractivity contribution is -0.146. The van der Waals surface area contributed by atoms with Crippen LogP contribution in [0.2, 0.25) is 0 Å². The highest BCUT2D eigenvalue weighted by Gasteiger charge is 2.26. The van der Waals surface area contributed by atoms with Crippen LogP contribution in [0.1, 0.15) is 25.7 Å². The number of carbonyl (C=O) groups excluding carboxylic acids is 2. The van der Waals surface area contributed by atoms with E-state index in [2.05, 4.69) is 9.73 Å². The van der Waals surface area contributed by atoms with Crippen molar-refractivity contribution in [1.29, 1.82) is 0 Å². The summed E-state index contributed by atoms with van der Waals surface area (Å²) in [5, 5.41) is 0. The van der Waals surface area contributed by atoms with E-state index in [4.69, 9.17) is 0 Å². The highest BCUT2D eigenvalue weighted by atomic mass is 16.5. The molecule has 0 unspecified atom stereocenters. The third-order valence-corrected chi connectivity index (χ3v) is 2.47. The fourth-order valence-electron chi connectivity index (χ4n) is 1.68. The summed E-state index contributed by atoms with van der Waals surface area (Å²) in [6, 6.07) is 0.0680. The smallest absolute Gasteiger partial charge is 0.308 e. The van der Waals surface area contributed by atoms with E-state index >= 15 is 0 Å². The molecule has 13 heavy (non-hydrogen) atoms. The minimum atomic E-state index is -0.145. The first-order valence-electron chi connectivity index (χ1n) is 4.42. The number of methoxy groups -OCH3 is 1. The quantitative estimate of drug-likeness (QED) is 0.365. The zero-order valence-electron chi connectivity index (χ0n) is 7.66. The second kappa shape index (κ2) is 4.77. The molecule has 0 atom stereocenters. The molecule has 0 heterocycles. The van der Waals surface area contributed by atoms with E-state index in [-0.39, 0.29) is 17.9 Å². The molecule has 0 aromatic carbocycles. The van der Waals surface area contributed by atoms with E-state index in [0.717, 1.165) is 25.7 Å². The molecule has 72 valence electrons. The number of esters is 1. The summed E-state index contributed by atoms with van der Waals surface area (Å²) >= 11 is 0. The van der Waals surface area contributed by atoms with Crippen LogP contribution in [-0.4, -0.2) is 25.2 Å². The van der Waals surface area contributed by atoms with Gasteiger partial charge in [-0.1, -0.05) is 0 Å². The van der Waals surface area contributed by atoms with Gasteiger partial charge in [0, 0.05) is 0 Å². The number of carbonyl (C=O) groups is 1. The third kappa shape index (κ3) is 2.67. The van der Waals surface area contributed by atoms with Gasteiger partial charge in [0.1, 0.15) is 0 Å². The van der Waals surface area contributed by atoms with Crippen LogP contribution in [0.15, 0.2) is 4.99 Å². The lowest BCUT2D eigenvalue weighted by atomic mass is 9.86. The highest BCUT2D eigenvalue weighted by Crippen LogP contribution is 2.26. The van der Waals surface area contributed by atoms with E-state index in [0.29, 0.717) is 0 Å². The zero-order valence-corrected chi connectivity index (χ0v) is 7.66. The minimum Gasteiger partial charge on any atom is -0.469 e. The Hall–Kier alpha value is -1.15. The number of ether oxygens (including phenoxy) is 1. The Morgan fingerprint density at radius 1 is 1.38 bits per heavy atom. The van der Waals surface area contributed by atoms with Crippen LogP contribution in [0.4, 0.5) is 0 Å². The van der Waals surface area contributed by atoms with Crippen LogP contribution < -0.4 is 0 Å². The van der Waals surface area contributed by atoms with Crippen molar-refractivity contribution in [2.45, 2.75) is 31.7 Å². The Balaban J connectivity index is 2.38. The highest BCUT2D eigenvalue weighted by molar-refractivity contribution is 5.72. The number of hydrogen-bond acceptors (Lipinski definition) is 4. The Morgan fingerprint density at radius 3 is 2.46 bits per heavy atom. The summed E-state index contributed by atoms with van der Waals surface area (Å²) in [5.41, 5.74) is 0. The van der Waals surface area contributed by atoms with E-state index < -0.39 is 0 Å². The molecule has 0 aromatic rings. The molecule has 1 rings (SSSR count). The van der Waals surface area contributed by atoms with Crippen LogP contribution in [0, 0.1) is 5.92 Å². The van der Waals surface area contributed by atoms with Gasteiger partial charge in [-0.3, -0.25) is 4.79 Å². The summed E-state index contributed by atoms with van der Waals surface area (Å²) in [4.78, 5) is 24.7. The van der Waals surface area contributed by atoms with Gasteiger partial charge >= 0.3 is 5.97 Å². The van der Waals surface area contributed by atoms with Crippen LogP contribution in [0.5, 0.6) is 0 Å². The molecule has 0 aliphatic heterocycles. The van der Waals surface area contributed by atoms with Crippen molar-refractivity contribution in [3.05, 3.63) is 0 Å². The predicted octanol–water partition coefficient (Wildman–Crippen LogP) is 1.05. The Kier molecular flexibility index (Phi) is 3.65. The molecule has 1 fully saturated rings. The minimum absolute atomic E-state index is 0.00287. The maximum Gasteiger partial charge on any atom is 0.308 e. The van der Waals surface area contributed by atoms with Gasteiger partial charge in [0.25, 0.3) is 0 Å². The molecule has 1 aliphatic rings. The van der Waals surface area contributed by atoms with E-state index in [1.807, 2.05) is 0 Å². The van der Waals surface area contributed by atoms with Crippen LogP contribution in [0.25, 0.3) is 0 Å². The van der Waals surface area contributed by atoms with Gasteiger partial charge < -0.3 is 4.74 Å². The fourth-order valence-corrected chi connectivity index (χ4v) is 1.68. The maximum atomic E-state index is 11.1. The molecule has 4 nitrogen and oxygen atoms in total. The standard InChI is InChI=1S/C9H13NO3/c1-13-9(12)7-2-4-8(5-3-7)10-6-11/h7-8H,2-5H2,1H3/t7-,8-. The average Bonchev–Trinajstić information content (AvgIpc) is 2.18. The van der Waals surface area contributed by atoms with E-state index in [1.165, 1.54) is 7.11 Å². The molecule has 0 radical (unpaired) electrons. The largest absolute Gasteiger partial charge is 0.469 e. The second-order valence-electron chi connectivity index (χ2n) is 3.25. The van der Waals surface area contributed by atoms with Crippen LogP contribution in [-0.2, 0) is 14.3 Å². The van der Waals surface area contributed by atoms with Gasteiger partial charge in [0.05, 0.1) is 19.1 Å².